The van der Waals surface area contributed by atoms with Gasteiger partial charge in [-0.1, -0.05) is 33.8 Å². The van der Waals surface area contributed by atoms with Crippen molar-refractivity contribution in [2.45, 2.75) is 53.5 Å². The molecule has 0 radical (unpaired) electrons. The fraction of sp³-hybridized carbons (Fsp3) is 0.696. The molecule has 1 amide bonds. The number of carbonyl (C=O) groups is 1. The second-order valence-electron chi connectivity index (χ2n) is 8.85. The average Bonchev–Trinajstić information content (AvgIpc) is 2.63. The van der Waals surface area contributed by atoms with E-state index in [1.807, 2.05) is 6.07 Å². The van der Waals surface area contributed by atoms with E-state index in [1.54, 1.807) is 0 Å². The van der Waals surface area contributed by atoms with Crippen molar-refractivity contribution >= 4 is 5.91 Å². The number of hydrogen-bond donors (Lipinski definition) is 1. The van der Waals surface area contributed by atoms with Crippen molar-refractivity contribution in [2.75, 3.05) is 39.8 Å². The van der Waals surface area contributed by atoms with E-state index < -0.39 is 0 Å². The Kier molecular flexibility index (Phi) is 7.87. The molecule has 1 saturated heterocycles. The molecule has 0 aromatic heterocycles. The topological polar surface area (TPSA) is 35.6 Å². The van der Waals surface area contributed by atoms with Crippen LogP contribution in [0.3, 0.4) is 0 Å². The maximum atomic E-state index is 12.7. The minimum absolute atomic E-state index is 0.0443. The molecule has 4 nitrogen and oxygen atoms in total. The van der Waals surface area contributed by atoms with Crippen LogP contribution < -0.4 is 5.32 Å². The predicted molar refractivity (Wildman–Crippen MR) is 114 cm³/mol. The number of piperazine rings is 1. The van der Waals surface area contributed by atoms with Crippen LogP contribution in [-0.2, 0) is 0 Å². The highest BCUT2D eigenvalue weighted by Gasteiger charge is 2.22. The van der Waals surface area contributed by atoms with E-state index in [0.717, 1.165) is 31.7 Å². The fourth-order valence-electron chi connectivity index (χ4n) is 3.89. The molecule has 0 aliphatic carbocycles. The van der Waals surface area contributed by atoms with Crippen molar-refractivity contribution in [2.24, 2.45) is 11.8 Å². The number of aryl methyl sites for hydroxylation is 1. The summed E-state index contributed by atoms with van der Waals surface area (Å²) in [5.74, 6) is 1.71. The van der Waals surface area contributed by atoms with Crippen LogP contribution in [0.2, 0.25) is 0 Å². The lowest BCUT2D eigenvalue weighted by Crippen LogP contribution is -2.51. The molecule has 1 aromatic rings. The van der Waals surface area contributed by atoms with Gasteiger partial charge in [0.15, 0.2) is 0 Å². The number of rotatable bonds is 7. The number of amides is 1. The molecule has 152 valence electrons. The van der Waals surface area contributed by atoms with Crippen LogP contribution in [0.25, 0.3) is 0 Å². The summed E-state index contributed by atoms with van der Waals surface area (Å²) in [6, 6.07) is 6.74. The zero-order valence-electron chi connectivity index (χ0n) is 18.4. The molecule has 1 fully saturated rings. The van der Waals surface area contributed by atoms with Gasteiger partial charge in [0.1, 0.15) is 0 Å². The van der Waals surface area contributed by atoms with Gasteiger partial charge < -0.3 is 10.2 Å². The summed E-state index contributed by atoms with van der Waals surface area (Å²) in [6.45, 7) is 18.4. The van der Waals surface area contributed by atoms with Gasteiger partial charge in [-0.15, -0.1) is 0 Å². The van der Waals surface area contributed by atoms with Crippen LogP contribution >= 0.6 is 0 Å². The molecule has 0 bridgehead atoms. The molecule has 3 unspecified atom stereocenters. The second kappa shape index (κ2) is 9.70. The summed E-state index contributed by atoms with van der Waals surface area (Å²) >= 11 is 0. The first kappa shape index (κ1) is 21.9. The first-order chi connectivity index (χ1) is 12.7. The van der Waals surface area contributed by atoms with E-state index in [4.69, 9.17) is 0 Å². The lowest BCUT2D eigenvalue weighted by atomic mass is 9.80. The van der Waals surface area contributed by atoms with E-state index in [-0.39, 0.29) is 5.91 Å². The minimum Gasteiger partial charge on any atom is -0.351 e. The normalized spacial score (nSPS) is 21.3. The van der Waals surface area contributed by atoms with E-state index in [1.165, 1.54) is 11.1 Å². The Balaban J connectivity index is 1.93. The quantitative estimate of drug-likeness (QED) is 0.790. The van der Waals surface area contributed by atoms with E-state index in [0.29, 0.717) is 30.3 Å². The zero-order valence-corrected chi connectivity index (χ0v) is 18.4. The molecular formula is C23H39N3O. The molecule has 1 N–H and O–H groups in total. The average molecular weight is 374 g/mol. The number of carbonyl (C=O) groups excluding carboxylic acids is 1. The Morgan fingerprint density at radius 3 is 2.56 bits per heavy atom. The van der Waals surface area contributed by atoms with Crippen LogP contribution in [0.4, 0.5) is 0 Å². The van der Waals surface area contributed by atoms with Crippen LogP contribution in [0, 0.1) is 18.8 Å². The number of hydrogen-bond acceptors (Lipinski definition) is 3. The molecule has 1 heterocycles. The minimum atomic E-state index is 0.0443. The van der Waals surface area contributed by atoms with Gasteiger partial charge in [-0.25, -0.2) is 0 Å². The van der Waals surface area contributed by atoms with Crippen LogP contribution in [0.1, 0.15) is 62.0 Å². The van der Waals surface area contributed by atoms with Crippen molar-refractivity contribution in [1.82, 2.24) is 15.1 Å². The number of likely N-dealkylation sites (N-methyl/N-ethyl adjacent to an activating group) is 1. The Morgan fingerprint density at radius 2 is 1.93 bits per heavy atom. The summed E-state index contributed by atoms with van der Waals surface area (Å²) in [7, 11) is 2.18. The molecule has 4 heteroatoms. The Morgan fingerprint density at radius 1 is 1.22 bits per heavy atom. The van der Waals surface area contributed by atoms with E-state index in [2.05, 4.69) is 75.8 Å². The Bertz CT molecular complexity index is 628. The number of nitrogens with one attached hydrogen (secondary N) is 1. The SMILES string of the molecule is Cc1ccc(C(=O)NCCN2CCN(C)C(C)C2)cc1C(C)C(C)C(C)C. The van der Waals surface area contributed by atoms with Gasteiger partial charge in [-0.3, -0.25) is 9.69 Å². The van der Waals surface area contributed by atoms with Crippen molar-refractivity contribution in [1.29, 1.82) is 0 Å². The number of nitrogens with zero attached hydrogens (tertiary/aromatic N) is 2. The Labute approximate surface area is 166 Å². The summed E-state index contributed by atoms with van der Waals surface area (Å²) in [5, 5.41) is 3.12. The molecular weight excluding hydrogens is 334 g/mol. The first-order valence-electron chi connectivity index (χ1n) is 10.5. The molecule has 2 rings (SSSR count). The summed E-state index contributed by atoms with van der Waals surface area (Å²) in [6.07, 6.45) is 0. The van der Waals surface area contributed by atoms with Gasteiger partial charge in [-0.05, 0) is 61.9 Å². The molecule has 1 aromatic carbocycles. The Hall–Kier alpha value is -1.39. The first-order valence-corrected chi connectivity index (χ1v) is 10.5. The molecule has 27 heavy (non-hydrogen) atoms. The van der Waals surface area contributed by atoms with E-state index >= 15 is 0 Å². The fourth-order valence-corrected chi connectivity index (χ4v) is 3.89. The van der Waals surface area contributed by atoms with Gasteiger partial charge in [0.25, 0.3) is 5.91 Å². The highest BCUT2D eigenvalue weighted by atomic mass is 16.1. The highest BCUT2D eigenvalue weighted by Crippen LogP contribution is 2.31. The maximum Gasteiger partial charge on any atom is 0.251 e. The summed E-state index contributed by atoms with van der Waals surface area (Å²) in [4.78, 5) is 17.5. The van der Waals surface area contributed by atoms with E-state index in [9.17, 15) is 4.79 Å². The molecule has 3 atom stereocenters. The monoisotopic (exact) mass is 373 g/mol. The third kappa shape index (κ3) is 5.79. The third-order valence-electron chi connectivity index (χ3n) is 6.63. The maximum absolute atomic E-state index is 12.7. The molecule has 0 saturated carbocycles. The molecule has 1 aliphatic rings. The third-order valence-corrected chi connectivity index (χ3v) is 6.63. The van der Waals surface area contributed by atoms with Crippen molar-refractivity contribution in [3.05, 3.63) is 34.9 Å². The summed E-state index contributed by atoms with van der Waals surface area (Å²) in [5.41, 5.74) is 3.36. The lowest BCUT2D eigenvalue weighted by molar-refractivity contribution is 0.0911. The summed E-state index contributed by atoms with van der Waals surface area (Å²) < 4.78 is 0. The zero-order chi connectivity index (χ0) is 20.1. The van der Waals surface area contributed by atoms with Gasteiger partial charge in [-0.2, -0.15) is 0 Å². The lowest BCUT2D eigenvalue weighted by Gasteiger charge is -2.37. The second-order valence-corrected chi connectivity index (χ2v) is 8.85. The predicted octanol–water partition coefficient (Wildman–Crippen LogP) is 3.76. The van der Waals surface area contributed by atoms with Crippen LogP contribution in [-0.4, -0.2) is 61.5 Å². The molecule has 1 aliphatic heterocycles. The smallest absolute Gasteiger partial charge is 0.251 e. The van der Waals surface area contributed by atoms with Crippen molar-refractivity contribution < 1.29 is 4.79 Å². The van der Waals surface area contributed by atoms with Crippen LogP contribution in [0.15, 0.2) is 18.2 Å². The van der Waals surface area contributed by atoms with Crippen LogP contribution in [0.5, 0.6) is 0 Å². The highest BCUT2D eigenvalue weighted by molar-refractivity contribution is 5.94. The van der Waals surface area contributed by atoms with Crippen molar-refractivity contribution in [3.8, 4) is 0 Å². The number of benzene rings is 1. The van der Waals surface area contributed by atoms with Gasteiger partial charge in [0.2, 0.25) is 0 Å². The van der Waals surface area contributed by atoms with Crippen molar-refractivity contribution in [3.63, 3.8) is 0 Å². The largest absolute Gasteiger partial charge is 0.351 e. The standard InChI is InChI=1S/C23H39N3O/c1-16(2)19(5)20(6)22-14-21(9-8-17(22)3)23(27)24-10-11-26-13-12-25(7)18(4)15-26/h8-9,14,16,18-20H,10-13,15H2,1-7H3,(H,24,27). The van der Waals surface area contributed by atoms with Gasteiger partial charge >= 0.3 is 0 Å². The van der Waals surface area contributed by atoms with Gasteiger partial charge in [0.05, 0.1) is 0 Å². The van der Waals surface area contributed by atoms with Gasteiger partial charge in [0, 0.05) is 44.3 Å². The molecule has 0 spiro atoms.